The molecule has 0 N–H and O–H groups in total. The summed E-state index contributed by atoms with van der Waals surface area (Å²) in [5.41, 5.74) is 2.64. The number of carbonyl (C=O) groups is 1. The molecule has 0 atom stereocenters. The van der Waals surface area contributed by atoms with Crippen molar-refractivity contribution in [1.29, 1.82) is 0 Å². The Kier molecular flexibility index (Phi) is 2.68. The average molecular weight is 254 g/mol. The van der Waals surface area contributed by atoms with E-state index < -0.39 is 5.97 Å². The number of pyridine rings is 2. The minimum absolute atomic E-state index is 0.387. The Balaban J connectivity index is 2.25. The van der Waals surface area contributed by atoms with Crippen molar-refractivity contribution < 1.29 is 9.53 Å². The highest BCUT2D eigenvalue weighted by molar-refractivity contribution is 5.96. The molecule has 0 aliphatic carbocycles. The fourth-order valence-corrected chi connectivity index (χ4v) is 1.92. The Hall–Kier alpha value is -2.76. The molecular weight excluding hydrogens is 244 g/mol. The van der Waals surface area contributed by atoms with Crippen LogP contribution in [0.2, 0.25) is 0 Å². The molecule has 0 aliphatic heterocycles. The Morgan fingerprint density at radius 3 is 2.74 bits per heavy atom. The van der Waals surface area contributed by atoms with Crippen LogP contribution >= 0.6 is 0 Å². The molecule has 0 amide bonds. The molecule has 6 nitrogen and oxygen atoms in total. The second-order valence-corrected chi connectivity index (χ2v) is 3.86. The molecule has 0 radical (unpaired) electrons. The third-order valence-corrected chi connectivity index (χ3v) is 2.81. The van der Waals surface area contributed by atoms with E-state index >= 15 is 0 Å². The lowest BCUT2D eigenvalue weighted by molar-refractivity contribution is 0.0602. The Morgan fingerprint density at radius 1 is 1.21 bits per heavy atom. The third kappa shape index (κ3) is 1.83. The van der Waals surface area contributed by atoms with E-state index in [-0.39, 0.29) is 0 Å². The molecule has 0 unspecified atom stereocenters. The fraction of sp³-hybridized carbons (Fsp3) is 0.0769. The molecule has 3 rings (SSSR count). The van der Waals surface area contributed by atoms with Crippen LogP contribution in [0.1, 0.15) is 10.4 Å². The molecule has 0 bridgehead atoms. The van der Waals surface area contributed by atoms with E-state index in [0.29, 0.717) is 11.2 Å². The summed E-state index contributed by atoms with van der Waals surface area (Å²) < 4.78 is 6.34. The molecule has 0 spiro atoms. The molecule has 0 aliphatic rings. The summed E-state index contributed by atoms with van der Waals surface area (Å²) >= 11 is 0. The first-order chi connectivity index (χ1) is 9.31. The van der Waals surface area contributed by atoms with Crippen LogP contribution in [0.15, 0.2) is 43.0 Å². The lowest BCUT2D eigenvalue weighted by Gasteiger charge is -2.06. The predicted octanol–water partition coefficient (Wildman–Crippen LogP) is 1.58. The summed E-state index contributed by atoms with van der Waals surface area (Å²) in [7, 11) is 1.34. The smallest absolute Gasteiger partial charge is 0.341 e. The van der Waals surface area contributed by atoms with Crippen molar-refractivity contribution in [3.05, 3.63) is 48.5 Å². The lowest BCUT2D eigenvalue weighted by atomic mass is 10.1. The van der Waals surface area contributed by atoms with Crippen LogP contribution < -0.4 is 0 Å². The number of rotatable bonds is 2. The van der Waals surface area contributed by atoms with Crippen molar-refractivity contribution in [3.8, 4) is 11.3 Å². The maximum atomic E-state index is 11.7. The van der Waals surface area contributed by atoms with E-state index in [1.165, 1.54) is 13.4 Å². The lowest BCUT2D eigenvalue weighted by Crippen LogP contribution is -2.06. The van der Waals surface area contributed by atoms with Crippen molar-refractivity contribution in [2.75, 3.05) is 7.11 Å². The third-order valence-electron chi connectivity index (χ3n) is 2.81. The highest BCUT2D eigenvalue weighted by atomic mass is 16.5. The molecule has 6 heteroatoms. The number of hydrogen-bond acceptors (Lipinski definition) is 5. The van der Waals surface area contributed by atoms with Crippen molar-refractivity contribution >= 4 is 11.6 Å². The van der Waals surface area contributed by atoms with Crippen LogP contribution in [0, 0.1) is 0 Å². The first kappa shape index (κ1) is 11.3. The first-order valence-corrected chi connectivity index (χ1v) is 5.62. The molecule has 3 heterocycles. The zero-order valence-corrected chi connectivity index (χ0v) is 10.1. The van der Waals surface area contributed by atoms with Crippen LogP contribution in [0.25, 0.3) is 16.9 Å². The van der Waals surface area contributed by atoms with E-state index in [2.05, 4.69) is 15.1 Å². The van der Waals surface area contributed by atoms with Gasteiger partial charge in [0.15, 0.2) is 5.65 Å². The van der Waals surface area contributed by atoms with Gasteiger partial charge in [-0.3, -0.25) is 4.98 Å². The zero-order chi connectivity index (χ0) is 13.2. The maximum absolute atomic E-state index is 11.7. The highest BCUT2D eigenvalue weighted by Gasteiger charge is 2.15. The van der Waals surface area contributed by atoms with Gasteiger partial charge in [0, 0.05) is 18.0 Å². The summed E-state index contributed by atoms with van der Waals surface area (Å²) in [5.74, 6) is -0.431. The van der Waals surface area contributed by atoms with Crippen LogP contribution in [-0.2, 0) is 4.74 Å². The predicted molar refractivity (Wildman–Crippen MR) is 67.6 cm³/mol. The van der Waals surface area contributed by atoms with Crippen LogP contribution in [-0.4, -0.2) is 32.7 Å². The fourth-order valence-electron chi connectivity index (χ4n) is 1.92. The Bertz CT molecular complexity index is 737. The van der Waals surface area contributed by atoms with Crippen LogP contribution in [0.3, 0.4) is 0 Å². The molecule has 0 saturated heterocycles. The van der Waals surface area contributed by atoms with Crippen molar-refractivity contribution in [1.82, 2.24) is 19.6 Å². The SMILES string of the molecule is COC(=O)c1ccc(-c2ccncc2)n2ncnc12. The van der Waals surface area contributed by atoms with Gasteiger partial charge in [-0.05, 0) is 24.3 Å². The monoisotopic (exact) mass is 254 g/mol. The summed E-state index contributed by atoms with van der Waals surface area (Å²) in [6.07, 6.45) is 4.81. The topological polar surface area (TPSA) is 69.4 Å². The van der Waals surface area contributed by atoms with Crippen molar-refractivity contribution in [2.24, 2.45) is 0 Å². The molecular formula is C13H10N4O2. The van der Waals surface area contributed by atoms with Crippen LogP contribution in [0.4, 0.5) is 0 Å². The number of ether oxygens (including phenoxy) is 1. The molecule has 94 valence electrons. The average Bonchev–Trinajstić information content (AvgIpc) is 2.95. The van der Waals surface area contributed by atoms with E-state index in [4.69, 9.17) is 4.74 Å². The van der Waals surface area contributed by atoms with Crippen molar-refractivity contribution in [3.63, 3.8) is 0 Å². The molecule has 3 aromatic heterocycles. The Morgan fingerprint density at radius 2 is 2.00 bits per heavy atom. The van der Waals surface area contributed by atoms with E-state index in [9.17, 15) is 4.79 Å². The second-order valence-electron chi connectivity index (χ2n) is 3.86. The van der Waals surface area contributed by atoms with E-state index in [1.807, 2.05) is 18.2 Å². The van der Waals surface area contributed by atoms with Gasteiger partial charge >= 0.3 is 5.97 Å². The molecule has 0 saturated carbocycles. The van der Waals surface area contributed by atoms with E-state index in [1.54, 1.807) is 23.0 Å². The first-order valence-electron chi connectivity index (χ1n) is 5.62. The Labute approximate surface area is 108 Å². The number of aromatic nitrogens is 4. The number of nitrogens with zero attached hydrogens (tertiary/aromatic N) is 4. The van der Waals surface area contributed by atoms with Gasteiger partial charge in [0.05, 0.1) is 12.8 Å². The zero-order valence-electron chi connectivity index (χ0n) is 10.1. The van der Waals surface area contributed by atoms with Gasteiger partial charge in [0.2, 0.25) is 0 Å². The normalized spacial score (nSPS) is 10.6. The van der Waals surface area contributed by atoms with Gasteiger partial charge in [0.1, 0.15) is 11.9 Å². The maximum Gasteiger partial charge on any atom is 0.341 e. The molecule has 19 heavy (non-hydrogen) atoms. The highest BCUT2D eigenvalue weighted by Crippen LogP contribution is 2.21. The second kappa shape index (κ2) is 4.49. The standard InChI is InChI=1S/C13H10N4O2/c1-19-13(18)10-2-3-11(9-4-6-14-7-5-9)17-12(10)15-8-16-17/h2-8H,1H3. The van der Waals surface area contributed by atoms with Gasteiger partial charge in [-0.1, -0.05) is 0 Å². The number of hydrogen-bond donors (Lipinski definition) is 0. The molecule has 0 fully saturated rings. The van der Waals surface area contributed by atoms with Gasteiger partial charge in [-0.2, -0.15) is 5.10 Å². The molecule has 0 aromatic carbocycles. The van der Waals surface area contributed by atoms with E-state index in [0.717, 1.165) is 11.3 Å². The van der Waals surface area contributed by atoms with Crippen molar-refractivity contribution in [2.45, 2.75) is 0 Å². The summed E-state index contributed by atoms with van der Waals surface area (Å²) in [6, 6.07) is 7.23. The number of methoxy groups -OCH3 is 1. The summed E-state index contributed by atoms with van der Waals surface area (Å²) in [6.45, 7) is 0. The summed E-state index contributed by atoms with van der Waals surface area (Å²) in [4.78, 5) is 19.7. The molecule has 3 aromatic rings. The minimum Gasteiger partial charge on any atom is -0.465 e. The minimum atomic E-state index is -0.431. The number of carbonyl (C=O) groups excluding carboxylic acids is 1. The van der Waals surface area contributed by atoms with Crippen LogP contribution in [0.5, 0.6) is 0 Å². The van der Waals surface area contributed by atoms with Gasteiger partial charge < -0.3 is 4.74 Å². The number of esters is 1. The largest absolute Gasteiger partial charge is 0.465 e. The quantitative estimate of drug-likeness (QED) is 0.649. The van der Waals surface area contributed by atoms with Gasteiger partial charge in [-0.15, -0.1) is 0 Å². The van der Waals surface area contributed by atoms with Gasteiger partial charge in [0.25, 0.3) is 0 Å². The van der Waals surface area contributed by atoms with Gasteiger partial charge in [-0.25, -0.2) is 14.3 Å². The summed E-state index contributed by atoms with van der Waals surface area (Å²) in [5, 5.41) is 4.15. The number of fused-ring (bicyclic) bond motifs is 1.